The molecule has 0 amide bonds. The first-order valence-corrected chi connectivity index (χ1v) is 7.42. The van der Waals surface area contributed by atoms with Crippen molar-refractivity contribution in [1.29, 1.82) is 0 Å². The molecular formula is C15H19ClN4. The molecule has 3 N–H and O–H groups in total. The Morgan fingerprint density at radius 1 is 1.20 bits per heavy atom. The van der Waals surface area contributed by atoms with Crippen molar-refractivity contribution in [2.75, 3.05) is 5.32 Å². The Kier molecular flexibility index (Phi) is 3.94. The predicted octanol–water partition coefficient (Wildman–Crippen LogP) is 3.21. The Balaban J connectivity index is 1.85. The van der Waals surface area contributed by atoms with Crippen LogP contribution in [0.2, 0.25) is 5.02 Å². The molecule has 1 heterocycles. The van der Waals surface area contributed by atoms with Crippen LogP contribution in [0, 0.1) is 0 Å². The number of para-hydroxylation sites is 1. The van der Waals surface area contributed by atoms with Gasteiger partial charge in [0.05, 0.1) is 10.7 Å². The van der Waals surface area contributed by atoms with E-state index in [9.17, 15) is 0 Å². The quantitative estimate of drug-likeness (QED) is 0.913. The topological polar surface area (TPSA) is 55.9 Å². The van der Waals surface area contributed by atoms with E-state index >= 15 is 0 Å². The van der Waals surface area contributed by atoms with Crippen molar-refractivity contribution in [2.45, 2.75) is 37.8 Å². The molecule has 0 spiro atoms. The molecule has 0 atom stereocenters. The van der Waals surface area contributed by atoms with E-state index in [0.717, 1.165) is 37.1 Å². The Bertz CT molecular complexity index is 559. The van der Waals surface area contributed by atoms with Crippen LogP contribution in [0.15, 0.2) is 36.7 Å². The highest BCUT2D eigenvalue weighted by Gasteiger charge is 2.20. The zero-order valence-electron chi connectivity index (χ0n) is 11.3. The molecule has 1 fully saturated rings. The Morgan fingerprint density at radius 2 is 2.00 bits per heavy atom. The maximum absolute atomic E-state index is 6.34. The number of anilines is 1. The van der Waals surface area contributed by atoms with Crippen LogP contribution in [0.4, 0.5) is 5.69 Å². The average Bonchev–Trinajstić information content (AvgIpc) is 2.95. The molecule has 0 unspecified atom stereocenters. The second-order valence-corrected chi connectivity index (χ2v) is 5.75. The van der Waals surface area contributed by atoms with E-state index in [1.165, 1.54) is 0 Å². The summed E-state index contributed by atoms with van der Waals surface area (Å²) < 4.78 is 1.80. The zero-order valence-corrected chi connectivity index (χ0v) is 12.1. The number of hydrogen-bond donors (Lipinski definition) is 2. The molecule has 20 heavy (non-hydrogen) atoms. The number of nitrogens with zero attached hydrogens (tertiary/aromatic N) is 2. The molecular weight excluding hydrogens is 272 g/mol. The fraction of sp³-hybridized carbons (Fsp3) is 0.400. The van der Waals surface area contributed by atoms with Gasteiger partial charge in [-0.1, -0.05) is 17.7 Å². The Morgan fingerprint density at radius 3 is 2.70 bits per heavy atom. The van der Waals surface area contributed by atoms with E-state index in [-0.39, 0.29) is 0 Å². The van der Waals surface area contributed by atoms with Gasteiger partial charge in [-0.15, -0.1) is 0 Å². The number of hydrogen-bond acceptors (Lipinski definition) is 3. The third kappa shape index (κ3) is 2.81. The van der Waals surface area contributed by atoms with E-state index < -0.39 is 0 Å². The van der Waals surface area contributed by atoms with Crippen molar-refractivity contribution < 1.29 is 0 Å². The number of aromatic nitrogens is 2. The Hall–Kier alpha value is -1.52. The van der Waals surface area contributed by atoms with Gasteiger partial charge >= 0.3 is 0 Å². The maximum Gasteiger partial charge on any atom is 0.106 e. The smallest absolute Gasteiger partial charge is 0.106 e. The van der Waals surface area contributed by atoms with Crippen molar-refractivity contribution in [3.05, 3.63) is 41.7 Å². The van der Waals surface area contributed by atoms with Crippen molar-refractivity contribution in [3.8, 4) is 5.69 Å². The molecule has 0 saturated heterocycles. The van der Waals surface area contributed by atoms with Gasteiger partial charge in [0, 0.05) is 24.5 Å². The van der Waals surface area contributed by atoms with Gasteiger partial charge in [-0.25, -0.2) is 4.68 Å². The zero-order chi connectivity index (χ0) is 13.9. The second kappa shape index (κ2) is 5.85. The van der Waals surface area contributed by atoms with Crippen LogP contribution < -0.4 is 11.1 Å². The van der Waals surface area contributed by atoms with Crippen LogP contribution in [0.1, 0.15) is 25.7 Å². The predicted molar refractivity (Wildman–Crippen MR) is 82.4 cm³/mol. The third-order valence-corrected chi connectivity index (χ3v) is 4.16. The molecule has 2 aromatic rings. The van der Waals surface area contributed by atoms with Crippen molar-refractivity contribution in [1.82, 2.24) is 9.78 Å². The lowest BCUT2D eigenvalue weighted by atomic mass is 9.91. The molecule has 1 aliphatic carbocycles. The largest absolute Gasteiger partial charge is 0.381 e. The molecule has 1 aliphatic rings. The molecule has 0 bridgehead atoms. The summed E-state index contributed by atoms with van der Waals surface area (Å²) in [6.07, 6.45) is 8.03. The summed E-state index contributed by atoms with van der Waals surface area (Å²) in [5.41, 5.74) is 7.90. The first-order valence-electron chi connectivity index (χ1n) is 7.04. The van der Waals surface area contributed by atoms with Crippen LogP contribution in [0.3, 0.4) is 0 Å². The molecule has 106 valence electrons. The number of benzene rings is 1. The van der Waals surface area contributed by atoms with Crippen LogP contribution in [-0.4, -0.2) is 21.9 Å². The summed E-state index contributed by atoms with van der Waals surface area (Å²) in [7, 11) is 0. The number of halogens is 1. The van der Waals surface area contributed by atoms with Crippen molar-refractivity contribution in [2.24, 2.45) is 5.73 Å². The minimum atomic E-state index is 0.359. The van der Waals surface area contributed by atoms with Crippen molar-refractivity contribution in [3.63, 3.8) is 0 Å². The van der Waals surface area contributed by atoms with Gasteiger partial charge in [-0.2, -0.15) is 5.10 Å². The van der Waals surface area contributed by atoms with E-state index in [1.54, 1.807) is 10.9 Å². The van der Waals surface area contributed by atoms with E-state index in [0.29, 0.717) is 17.1 Å². The summed E-state index contributed by atoms with van der Waals surface area (Å²) >= 11 is 6.34. The molecule has 4 nitrogen and oxygen atoms in total. The molecule has 0 radical (unpaired) electrons. The highest BCUT2D eigenvalue weighted by molar-refractivity contribution is 6.33. The Labute approximate surface area is 123 Å². The lowest BCUT2D eigenvalue weighted by molar-refractivity contribution is 0.411. The molecule has 5 heteroatoms. The maximum atomic E-state index is 6.34. The number of rotatable bonds is 3. The minimum absolute atomic E-state index is 0.359. The van der Waals surface area contributed by atoms with Gasteiger partial charge in [0.2, 0.25) is 0 Å². The SMILES string of the molecule is NC1CCC(Nc2cccc(Cl)c2-n2cccn2)CC1. The van der Waals surface area contributed by atoms with Crippen LogP contribution >= 0.6 is 11.6 Å². The number of nitrogens with two attached hydrogens (primary N) is 1. The summed E-state index contributed by atoms with van der Waals surface area (Å²) in [6, 6.07) is 8.62. The molecule has 1 aromatic carbocycles. The summed E-state index contributed by atoms with van der Waals surface area (Å²) in [5, 5.41) is 8.58. The van der Waals surface area contributed by atoms with Gasteiger partial charge in [-0.3, -0.25) is 0 Å². The molecule has 1 saturated carbocycles. The van der Waals surface area contributed by atoms with Crippen LogP contribution in [-0.2, 0) is 0 Å². The average molecular weight is 291 g/mol. The summed E-state index contributed by atoms with van der Waals surface area (Å²) in [4.78, 5) is 0. The summed E-state index contributed by atoms with van der Waals surface area (Å²) in [5.74, 6) is 0. The standard InChI is InChI=1S/C15H19ClN4/c16-13-3-1-4-14(15(13)20-10-2-9-18-20)19-12-7-5-11(17)6-8-12/h1-4,9-12,19H,5-8,17H2. The fourth-order valence-electron chi connectivity index (χ4n) is 2.75. The molecule has 3 rings (SSSR count). The van der Waals surface area contributed by atoms with Gasteiger partial charge < -0.3 is 11.1 Å². The first kappa shape index (κ1) is 13.5. The van der Waals surface area contributed by atoms with Crippen LogP contribution in [0.25, 0.3) is 5.69 Å². The fourth-order valence-corrected chi connectivity index (χ4v) is 3.01. The van der Waals surface area contributed by atoms with Gasteiger partial charge in [-0.05, 0) is 43.9 Å². The van der Waals surface area contributed by atoms with Crippen LogP contribution in [0.5, 0.6) is 0 Å². The van der Waals surface area contributed by atoms with Gasteiger partial charge in [0.15, 0.2) is 0 Å². The second-order valence-electron chi connectivity index (χ2n) is 5.34. The van der Waals surface area contributed by atoms with Gasteiger partial charge in [0.1, 0.15) is 5.69 Å². The van der Waals surface area contributed by atoms with E-state index in [4.69, 9.17) is 17.3 Å². The lowest BCUT2D eigenvalue weighted by Gasteiger charge is -2.28. The third-order valence-electron chi connectivity index (χ3n) is 3.85. The number of nitrogens with one attached hydrogen (secondary N) is 1. The minimum Gasteiger partial charge on any atom is -0.381 e. The van der Waals surface area contributed by atoms with E-state index in [2.05, 4.69) is 16.5 Å². The highest BCUT2D eigenvalue weighted by Crippen LogP contribution is 2.30. The first-order chi connectivity index (χ1) is 9.74. The molecule has 0 aliphatic heterocycles. The normalized spacial score (nSPS) is 22.7. The lowest BCUT2D eigenvalue weighted by Crippen LogP contribution is -2.33. The summed E-state index contributed by atoms with van der Waals surface area (Å²) in [6.45, 7) is 0. The molecule has 1 aromatic heterocycles. The van der Waals surface area contributed by atoms with Crippen molar-refractivity contribution >= 4 is 17.3 Å². The van der Waals surface area contributed by atoms with E-state index in [1.807, 2.05) is 24.4 Å². The van der Waals surface area contributed by atoms with Gasteiger partial charge in [0.25, 0.3) is 0 Å². The highest BCUT2D eigenvalue weighted by atomic mass is 35.5. The monoisotopic (exact) mass is 290 g/mol.